The smallest absolute Gasteiger partial charge is 0.0996 e. The first-order valence-corrected chi connectivity index (χ1v) is 7.19. The highest BCUT2D eigenvalue weighted by molar-refractivity contribution is 7.20. The van der Waals surface area contributed by atoms with Crippen LogP contribution in [-0.4, -0.2) is 9.78 Å². The zero-order valence-electron chi connectivity index (χ0n) is 10.7. The third-order valence-corrected chi connectivity index (χ3v) is 4.54. The summed E-state index contributed by atoms with van der Waals surface area (Å²) in [5, 5.41) is 7.83. The quantitative estimate of drug-likeness (QED) is 0.899. The Bertz CT molecular complexity index is 574. The van der Waals surface area contributed by atoms with Crippen molar-refractivity contribution in [3.8, 4) is 0 Å². The van der Waals surface area contributed by atoms with Crippen LogP contribution in [0.1, 0.15) is 29.9 Å². The second kappa shape index (κ2) is 5.11. The third-order valence-electron chi connectivity index (χ3n) is 3.02. The summed E-state index contributed by atoms with van der Waals surface area (Å²) in [7, 11) is 1.94. The first-order chi connectivity index (χ1) is 8.40. The van der Waals surface area contributed by atoms with E-state index in [0.29, 0.717) is 4.34 Å². The highest BCUT2D eigenvalue weighted by Gasteiger charge is 2.16. The van der Waals surface area contributed by atoms with Crippen molar-refractivity contribution < 1.29 is 0 Å². The lowest BCUT2D eigenvalue weighted by molar-refractivity contribution is 0.731. The van der Waals surface area contributed by atoms with Crippen molar-refractivity contribution in [3.63, 3.8) is 0 Å². The van der Waals surface area contributed by atoms with Gasteiger partial charge in [-0.2, -0.15) is 5.10 Å². The minimum Gasteiger partial charge on any atom is -0.375 e. The van der Waals surface area contributed by atoms with E-state index in [1.54, 1.807) is 0 Å². The maximum atomic E-state index is 6.16. The van der Waals surface area contributed by atoms with Crippen LogP contribution in [0.3, 0.4) is 0 Å². The normalized spacial score (nSPS) is 12.8. The molecule has 0 radical (unpaired) electrons. The first-order valence-electron chi connectivity index (χ1n) is 5.61. The van der Waals surface area contributed by atoms with E-state index in [-0.39, 0.29) is 6.04 Å². The van der Waals surface area contributed by atoms with Gasteiger partial charge in [0.2, 0.25) is 0 Å². The van der Waals surface area contributed by atoms with Crippen LogP contribution in [0.25, 0.3) is 0 Å². The molecule has 0 saturated heterocycles. The Kier molecular flexibility index (Phi) is 3.90. The van der Waals surface area contributed by atoms with E-state index in [4.69, 9.17) is 23.2 Å². The third kappa shape index (κ3) is 2.51. The van der Waals surface area contributed by atoms with E-state index >= 15 is 0 Å². The summed E-state index contributed by atoms with van der Waals surface area (Å²) >= 11 is 13.5. The van der Waals surface area contributed by atoms with Gasteiger partial charge < -0.3 is 5.32 Å². The van der Waals surface area contributed by atoms with E-state index in [2.05, 4.69) is 17.3 Å². The van der Waals surface area contributed by atoms with E-state index in [1.807, 2.05) is 31.6 Å². The number of hydrogen-bond acceptors (Lipinski definition) is 3. The molecule has 0 saturated carbocycles. The number of anilines is 1. The Hall–Kier alpha value is -0.710. The molecule has 0 bridgehead atoms. The molecule has 0 aliphatic rings. The molecule has 0 aliphatic heterocycles. The van der Waals surface area contributed by atoms with Gasteiger partial charge in [-0.3, -0.25) is 4.68 Å². The van der Waals surface area contributed by atoms with Crippen LogP contribution in [0.2, 0.25) is 8.67 Å². The molecule has 3 nitrogen and oxygen atoms in total. The molecule has 18 heavy (non-hydrogen) atoms. The molecule has 2 rings (SSSR count). The molecule has 2 heterocycles. The van der Waals surface area contributed by atoms with Gasteiger partial charge in [-0.1, -0.05) is 23.2 Å². The molecular weight excluding hydrogens is 289 g/mol. The number of rotatable bonds is 3. The zero-order valence-corrected chi connectivity index (χ0v) is 13.0. The SMILES string of the molecule is Cc1nn(C)c(C)c1NC(C)c1cc(Cl)sc1Cl. The average molecular weight is 304 g/mol. The molecule has 2 aromatic rings. The van der Waals surface area contributed by atoms with Crippen molar-refractivity contribution in [1.29, 1.82) is 0 Å². The first kappa shape index (κ1) is 13.7. The van der Waals surface area contributed by atoms with E-state index in [1.165, 1.54) is 11.3 Å². The van der Waals surface area contributed by atoms with Crippen LogP contribution in [0.4, 0.5) is 5.69 Å². The van der Waals surface area contributed by atoms with Gasteiger partial charge in [-0.05, 0) is 26.8 Å². The Morgan fingerprint density at radius 3 is 2.50 bits per heavy atom. The van der Waals surface area contributed by atoms with Gasteiger partial charge >= 0.3 is 0 Å². The number of thiophene rings is 1. The van der Waals surface area contributed by atoms with E-state index in [9.17, 15) is 0 Å². The van der Waals surface area contributed by atoms with Crippen molar-refractivity contribution in [3.05, 3.63) is 31.7 Å². The molecule has 0 aliphatic carbocycles. The van der Waals surface area contributed by atoms with Gasteiger partial charge in [-0.15, -0.1) is 11.3 Å². The molecule has 0 aromatic carbocycles. The Morgan fingerprint density at radius 1 is 1.39 bits per heavy atom. The van der Waals surface area contributed by atoms with Gasteiger partial charge in [0.1, 0.15) is 0 Å². The van der Waals surface area contributed by atoms with Crippen molar-refractivity contribution in [1.82, 2.24) is 9.78 Å². The summed E-state index contributed by atoms with van der Waals surface area (Å²) in [5.74, 6) is 0. The molecule has 0 amide bonds. The van der Waals surface area contributed by atoms with Gasteiger partial charge in [0.25, 0.3) is 0 Å². The van der Waals surface area contributed by atoms with Crippen molar-refractivity contribution in [2.24, 2.45) is 7.05 Å². The fourth-order valence-electron chi connectivity index (χ4n) is 1.92. The Labute approximate surface area is 121 Å². The zero-order chi connectivity index (χ0) is 13.4. The molecule has 98 valence electrons. The molecule has 1 N–H and O–H groups in total. The minimum absolute atomic E-state index is 0.0999. The van der Waals surface area contributed by atoms with Crippen LogP contribution in [-0.2, 0) is 7.05 Å². The molecule has 1 unspecified atom stereocenters. The number of aryl methyl sites for hydroxylation is 2. The average Bonchev–Trinajstić information content (AvgIpc) is 2.73. The van der Waals surface area contributed by atoms with Crippen LogP contribution in [0.15, 0.2) is 6.07 Å². The van der Waals surface area contributed by atoms with Gasteiger partial charge in [0.15, 0.2) is 0 Å². The highest BCUT2D eigenvalue weighted by atomic mass is 35.5. The fraction of sp³-hybridized carbons (Fsp3) is 0.417. The second-order valence-corrected chi connectivity index (χ2v) is 6.60. The van der Waals surface area contributed by atoms with Crippen molar-refractivity contribution in [2.45, 2.75) is 26.8 Å². The number of halogens is 2. The van der Waals surface area contributed by atoms with Crippen LogP contribution < -0.4 is 5.32 Å². The predicted molar refractivity (Wildman–Crippen MR) is 79.1 cm³/mol. The lowest BCUT2D eigenvalue weighted by atomic mass is 10.1. The molecule has 1 atom stereocenters. The van der Waals surface area contributed by atoms with Crippen LogP contribution >= 0.6 is 34.5 Å². The number of nitrogens with zero attached hydrogens (tertiary/aromatic N) is 2. The summed E-state index contributed by atoms with van der Waals surface area (Å²) in [4.78, 5) is 0. The topological polar surface area (TPSA) is 29.9 Å². The molecule has 2 aromatic heterocycles. The van der Waals surface area contributed by atoms with Crippen LogP contribution in [0.5, 0.6) is 0 Å². The summed E-state index contributed by atoms with van der Waals surface area (Å²) < 4.78 is 3.31. The lowest BCUT2D eigenvalue weighted by Crippen LogP contribution is -2.07. The van der Waals surface area contributed by atoms with Crippen molar-refractivity contribution in [2.75, 3.05) is 5.32 Å². The summed E-state index contributed by atoms with van der Waals surface area (Å²) in [6.07, 6.45) is 0. The predicted octanol–water partition coefficient (Wildman–Crippen LogP) is 4.58. The summed E-state index contributed by atoms with van der Waals surface area (Å²) in [6.45, 7) is 6.09. The van der Waals surface area contributed by atoms with Gasteiger partial charge in [0, 0.05) is 12.6 Å². The number of hydrogen-bond donors (Lipinski definition) is 1. The lowest BCUT2D eigenvalue weighted by Gasteiger charge is -2.15. The molecule has 0 fully saturated rings. The molecule has 0 spiro atoms. The van der Waals surface area contributed by atoms with Gasteiger partial charge in [0.05, 0.1) is 31.8 Å². The maximum Gasteiger partial charge on any atom is 0.0996 e. The minimum atomic E-state index is 0.0999. The Morgan fingerprint density at radius 2 is 2.06 bits per heavy atom. The highest BCUT2D eigenvalue weighted by Crippen LogP contribution is 2.36. The largest absolute Gasteiger partial charge is 0.375 e. The van der Waals surface area contributed by atoms with Crippen LogP contribution in [0, 0.1) is 13.8 Å². The molecular formula is C12H15Cl2N3S. The second-order valence-electron chi connectivity index (χ2n) is 4.32. The summed E-state index contributed by atoms with van der Waals surface area (Å²) in [6, 6.07) is 2.01. The fourth-order valence-corrected chi connectivity index (χ4v) is 3.57. The summed E-state index contributed by atoms with van der Waals surface area (Å²) in [5.41, 5.74) is 4.17. The van der Waals surface area contributed by atoms with E-state index < -0.39 is 0 Å². The number of aromatic nitrogens is 2. The Balaban J connectivity index is 2.26. The van der Waals surface area contributed by atoms with Gasteiger partial charge in [-0.25, -0.2) is 0 Å². The molecule has 6 heteroatoms. The standard InChI is InChI=1S/C12H15Cl2N3S/c1-6(9-5-10(13)18-12(9)14)15-11-7(2)16-17(4)8(11)3/h5-6,15H,1-4H3. The number of nitrogens with one attached hydrogen (secondary N) is 1. The van der Waals surface area contributed by atoms with Crippen molar-refractivity contribution >= 4 is 40.2 Å². The maximum absolute atomic E-state index is 6.16. The monoisotopic (exact) mass is 303 g/mol. The van der Waals surface area contributed by atoms with E-state index in [0.717, 1.165) is 27.0 Å².